The largest absolute Gasteiger partial charge is 0.743 e. The number of alkyl halides is 2. The summed E-state index contributed by atoms with van der Waals surface area (Å²) in [6, 6.07) is 0. The van der Waals surface area contributed by atoms with Crippen LogP contribution < -0.4 is 0 Å². The van der Waals surface area contributed by atoms with Gasteiger partial charge in [-0.3, -0.25) is 19.2 Å². The predicted octanol–water partition coefficient (Wildman–Crippen LogP) is 3.67. The van der Waals surface area contributed by atoms with Gasteiger partial charge < -0.3 is 9.29 Å². The van der Waals surface area contributed by atoms with E-state index >= 15 is 0 Å². The van der Waals surface area contributed by atoms with Gasteiger partial charge in [-0.25, -0.2) is 8.42 Å². The summed E-state index contributed by atoms with van der Waals surface area (Å²) in [6.45, 7) is 4.12. The van der Waals surface area contributed by atoms with E-state index in [1.807, 2.05) is 13.8 Å². The Morgan fingerprint density at radius 1 is 1.14 bits per heavy atom. The topological polar surface area (TPSA) is 135 Å². The van der Waals surface area contributed by atoms with Gasteiger partial charge in [0.2, 0.25) is 0 Å². The number of esters is 1. The summed E-state index contributed by atoms with van der Waals surface area (Å²) in [5.74, 6) is -1.26. The molecule has 0 spiro atoms. The first-order chi connectivity index (χ1) is 17.0. The van der Waals surface area contributed by atoms with E-state index in [0.717, 1.165) is 0 Å². The van der Waals surface area contributed by atoms with Gasteiger partial charge in [0, 0.05) is 43.4 Å². The molecule has 208 valence electrons. The maximum Gasteiger partial charge on any atom is 0.367 e. The molecule has 11 heteroatoms. The molecule has 0 N–H and O–H groups in total. The summed E-state index contributed by atoms with van der Waals surface area (Å²) < 4.78 is 62.6. The van der Waals surface area contributed by atoms with Gasteiger partial charge in [-0.2, -0.15) is 8.78 Å². The molecule has 4 rings (SSSR count). The quantitative estimate of drug-likeness (QED) is 0.349. The van der Waals surface area contributed by atoms with Crippen molar-refractivity contribution in [3.8, 4) is 0 Å². The zero-order valence-electron chi connectivity index (χ0n) is 21.5. The number of halogens is 2. The third-order valence-electron chi connectivity index (χ3n) is 10.5. The Labute approximate surface area is 216 Å². The van der Waals surface area contributed by atoms with E-state index < -0.39 is 33.4 Å². The maximum atomic E-state index is 13.8. The number of carbonyl (C=O) groups is 4. The normalized spacial score (nSPS) is 39.0. The zero-order chi connectivity index (χ0) is 27.6. The van der Waals surface area contributed by atoms with Gasteiger partial charge in [0.05, 0.1) is 0 Å². The van der Waals surface area contributed by atoms with Crippen molar-refractivity contribution >= 4 is 33.4 Å². The summed E-state index contributed by atoms with van der Waals surface area (Å²) in [6.07, 6.45) is 3.66. The van der Waals surface area contributed by atoms with Gasteiger partial charge in [0.25, 0.3) is 0 Å². The van der Waals surface area contributed by atoms with Gasteiger partial charge >= 0.3 is 11.2 Å². The molecule has 8 atom stereocenters. The lowest BCUT2D eigenvalue weighted by Gasteiger charge is -2.58. The Morgan fingerprint density at radius 3 is 2.46 bits per heavy atom. The molecule has 0 unspecified atom stereocenters. The number of rotatable bonds is 7. The van der Waals surface area contributed by atoms with Gasteiger partial charge in [-0.1, -0.05) is 20.8 Å². The minimum absolute atomic E-state index is 0.00854. The van der Waals surface area contributed by atoms with Crippen LogP contribution in [0.2, 0.25) is 0 Å². The van der Waals surface area contributed by atoms with Crippen LogP contribution in [0.25, 0.3) is 0 Å². The average molecular weight is 546 g/mol. The Morgan fingerprint density at radius 2 is 1.81 bits per heavy atom. The third kappa shape index (κ3) is 4.68. The van der Waals surface area contributed by atoms with Crippen LogP contribution in [-0.2, 0) is 34.0 Å². The molecular weight excluding hydrogens is 510 g/mol. The summed E-state index contributed by atoms with van der Waals surface area (Å²) in [7, 11) is -5.94. The average Bonchev–Trinajstić information content (AvgIpc) is 3.16. The van der Waals surface area contributed by atoms with E-state index in [9.17, 15) is 40.9 Å². The molecule has 0 aromatic carbocycles. The fourth-order valence-corrected chi connectivity index (χ4v) is 8.45. The van der Waals surface area contributed by atoms with Crippen LogP contribution in [0.1, 0.15) is 78.6 Å². The van der Waals surface area contributed by atoms with Crippen molar-refractivity contribution in [3.05, 3.63) is 0 Å². The van der Waals surface area contributed by atoms with Gasteiger partial charge in [-0.15, -0.1) is 0 Å². The fourth-order valence-electron chi connectivity index (χ4n) is 8.25. The van der Waals surface area contributed by atoms with Crippen LogP contribution in [0, 0.1) is 46.3 Å². The van der Waals surface area contributed by atoms with Crippen molar-refractivity contribution in [3.63, 3.8) is 0 Å². The number of ketones is 3. The second-order valence-corrected chi connectivity index (χ2v) is 13.7. The maximum absolute atomic E-state index is 13.8. The number of Topliss-reactive ketones (excluding diaryl/α,β-unsaturated/α-hetero) is 3. The lowest BCUT2D eigenvalue weighted by molar-refractivity contribution is -0.166. The molecule has 0 aromatic heterocycles. The number of ether oxygens (including phenoxy) is 1. The molecule has 4 fully saturated rings. The molecule has 4 aliphatic carbocycles. The minimum atomic E-state index is -5.94. The molecule has 0 saturated heterocycles. The summed E-state index contributed by atoms with van der Waals surface area (Å²) >= 11 is 0. The molecule has 0 aliphatic heterocycles. The number of carbonyl (C=O) groups excluding carboxylic acids is 4. The molecule has 0 radical (unpaired) electrons. The van der Waals surface area contributed by atoms with Crippen molar-refractivity contribution in [1.82, 2.24) is 0 Å². The molecule has 4 aliphatic rings. The predicted molar refractivity (Wildman–Crippen MR) is 125 cm³/mol. The Kier molecular flexibility index (Phi) is 7.23. The van der Waals surface area contributed by atoms with Crippen LogP contribution in [0.15, 0.2) is 0 Å². The van der Waals surface area contributed by atoms with E-state index in [2.05, 4.69) is 11.7 Å². The van der Waals surface area contributed by atoms with Crippen molar-refractivity contribution in [2.45, 2.75) is 83.8 Å². The van der Waals surface area contributed by atoms with E-state index in [0.29, 0.717) is 44.9 Å². The van der Waals surface area contributed by atoms with Gasteiger partial charge in [0.15, 0.2) is 16.7 Å². The smallest absolute Gasteiger partial charge is 0.367 e. The lowest BCUT2D eigenvalue weighted by atomic mass is 9.44. The highest BCUT2D eigenvalue weighted by atomic mass is 32.2. The number of hydrogen-bond acceptors (Lipinski definition) is 8. The van der Waals surface area contributed by atoms with Crippen molar-refractivity contribution in [2.75, 3.05) is 6.61 Å². The molecule has 37 heavy (non-hydrogen) atoms. The standard InChI is InChI=1S/C26H36F2O8S/c1-14(4-7-22(32)36-13-26(27,28)37(33,34)35)17-5-6-18-23-19(12-21(31)25(17,18)3)24(2)9-8-16(29)10-15(24)11-20(23)30/h14-15,17-19,23H,4-13H2,1-3H3,(H,33,34,35)/p-1/t14-,15+,17-,18+,19+,23+,24+,25-/m1/s1. The molecular formula is C26H35F2O8S-. The van der Waals surface area contributed by atoms with E-state index in [4.69, 9.17) is 0 Å². The summed E-state index contributed by atoms with van der Waals surface area (Å²) in [5.41, 5.74) is -0.950. The van der Waals surface area contributed by atoms with E-state index in [1.54, 1.807) is 0 Å². The van der Waals surface area contributed by atoms with Crippen LogP contribution in [0.5, 0.6) is 0 Å². The van der Waals surface area contributed by atoms with Crippen LogP contribution in [0.3, 0.4) is 0 Å². The van der Waals surface area contributed by atoms with Crippen LogP contribution >= 0.6 is 0 Å². The van der Waals surface area contributed by atoms with Crippen molar-refractivity contribution in [1.29, 1.82) is 0 Å². The van der Waals surface area contributed by atoms with Gasteiger partial charge in [0.1, 0.15) is 17.3 Å². The first-order valence-corrected chi connectivity index (χ1v) is 14.5. The monoisotopic (exact) mass is 545 g/mol. The minimum Gasteiger partial charge on any atom is -0.743 e. The lowest BCUT2D eigenvalue weighted by Crippen LogP contribution is -2.60. The molecule has 4 saturated carbocycles. The summed E-state index contributed by atoms with van der Waals surface area (Å²) in [5, 5.41) is -4.70. The highest BCUT2D eigenvalue weighted by Crippen LogP contribution is 2.66. The molecule has 0 aromatic rings. The Hall–Kier alpha value is -1.75. The fraction of sp³-hybridized carbons (Fsp3) is 0.846. The molecule has 0 heterocycles. The van der Waals surface area contributed by atoms with Gasteiger partial charge in [-0.05, 0) is 60.7 Å². The second kappa shape index (κ2) is 9.47. The first-order valence-electron chi connectivity index (χ1n) is 13.1. The van der Waals surface area contributed by atoms with Crippen LogP contribution in [0.4, 0.5) is 8.78 Å². The first kappa shape index (κ1) is 28.3. The van der Waals surface area contributed by atoms with Crippen LogP contribution in [-0.4, -0.2) is 48.2 Å². The number of fused-ring (bicyclic) bond motifs is 5. The zero-order valence-corrected chi connectivity index (χ0v) is 22.3. The highest BCUT2D eigenvalue weighted by Gasteiger charge is 2.66. The third-order valence-corrected chi connectivity index (χ3v) is 11.3. The van der Waals surface area contributed by atoms with E-state index in [-0.39, 0.29) is 71.1 Å². The summed E-state index contributed by atoms with van der Waals surface area (Å²) in [4.78, 5) is 51.3. The number of hydrogen-bond donors (Lipinski definition) is 0. The van der Waals surface area contributed by atoms with Crippen molar-refractivity contribution in [2.24, 2.45) is 46.3 Å². The highest BCUT2D eigenvalue weighted by molar-refractivity contribution is 7.86. The second-order valence-electron chi connectivity index (χ2n) is 12.2. The Balaban J connectivity index is 1.44. The van der Waals surface area contributed by atoms with E-state index in [1.165, 1.54) is 0 Å². The molecule has 0 amide bonds. The Bertz CT molecular complexity index is 1100. The molecule has 0 bridgehead atoms. The SMILES string of the molecule is C[C@H](CCC(=O)OCC(F)(F)S(=O)(=O)[O-])[C@H]1CC[C@H]2[C@@H]3C(=O)C[C@@H]4CC(=O)CC[C@]4(C)[C@H]3CC(=O)[C@]12C. The molecule has 8 nitrogen and oxygen atoms in total. The van der Waals surface area contributed by atoms with Crippen molar-refractivity contribution < 1.29 is 45.7 Å².